The van der Waals surface area contributed by atoms with E-state index in [0.717, 1.165) is 25.9 Å². The average Bonchev–Trinajstić information content (AvgIpc) is 2.15. The first kappa shape index (κ1) is 13.9. The van der Waals surface area contributed by atoms with E-state index in [1.165, 1.54) is 0 Å². The number of nitrogens with zero attached hydrogens (tertiary/aromatic N) is 1. The summed E-state index contributed by atoms with van der Waals surface area (Å²) in [7, 11) is 4.12. The second kappa shape index (κ2) is 5.96. The molecule has 0 aromatic rings. The van der Waals surface area contributed by atoms with E-state index in [2.05, 4.69) is 38.2 Å². The molecule has 96 valence electrons. The van der Waals surface area contributed by atoms with Crippen LogP contribution in [0.5, 0.6) is 0 Å². The highest BCUT2D eigenvalue weighted by atomic mass is 16.5. The van der Waals surface area contributed by atoms with E-state index in [1.54, 1.807) is 0 Å². The van der Waals surface area contributed by atoms with Crippen molar-refractivity contribution >= 4 is 0 Å². The number of hydrogen-bond acceptors (Lipinski definition) is 4. The van der Waals surface area contributed by atoms with Gasteiger partial charge in [0.05, 0.1) is 18.8 Å². The lowest BCUT2D eigenvalue weighted by atomic mass is 9.85. The summed E-state index contributed by atoms with van der Waals surface area (Å²) < 4.78 is 5.71. The van der Waals surface area contributed by atoms with Crippen LogP contribution in [-0.4, -0.2) is 61.5 Å². The minimum atomic E-state index is -0.146. The Bertz CT molecular complexity index is 199. The van der Waals surface area contributed by atoms with E-state index < -0.39 is 0 Å². The molecule has 0 spiro atoms. The molecule has 1 fully saturated rings. The van der Waals surface area contributed by atoms with Gasteiger partial charge in [-0.3, -0.25) is 0 Å². The Morgan fingerprint density at radius 3 is 2.31 bits per heavy atom. The van der Waals surface area contributed by atoms with Gasteiger partial charge in [0.1, 0.15) is 0 Å². The van der Waals surface area contributed by atoms with Gasteiger partial charge in [-0.25, -0.2) is 0 Å². The molecule has 4 nitrogen and oxygen atoms in total. The maximum Gasteiger partial charge on any atom is 0.0615 e. The monoisotopic (exact) mass is 230 g/mol. The van der Waals surface area contributed by atoms with E-state index >= 15 is 0 Å². The lowest BCUT2D eigenvalue weighted by Crippen LogP contribution is -2.57. The van der Waals surface area contributed by atoms with Gasteiger partial charge < -0.3 is 20.1 Å². The Morgan fingerprint density at radius 1 is 1.31 bits per heavy atom. The molecule has 1 aliphatic heterocycles. The van der Waals surface area contributed by atoms with Crippen LogP contribution < -0.4 is 5.32 Å². The van der Waals surface area contributed by atoms with Crippen molar-refractivity contribution in [2.75, 3.05) is 33.8 Å². The molecule has 2 atom stereocenters. The predicted molar refractivity (Wildman–Crippen MR) is 65.6 cm³/mol. The Morgan fingerprint density at radius 2 is 1.88 bits per heavy atom. The summed E-state index contributed by atoms with van der Waals surface area (Å²) in [6.45, 7) is 6.25. The Kier molecular flexibility index (Phi) is 5.18. The minimum absolute atomic E-state index is 0.146. The quantitative estimate of drug-likeness (QED) is 0.720. The number of aliphatic hydroxyl groups excluding tert-OH is 1. The van der Waals surface area contributed by atoms with E-state index in [9.17, 15) is 5.11 Å². The molecule has 0 radical (unpaired) electrons. The van der Waals surface area contributed by atoms with E-state index in [1.807, 2.05) is 0 Å². The number of nitrogens with one attached hydrogen (secondary N) is 1. The molecule has 0 aromatic carbocycles. The SMILES string of the molecule is CC1CC(CO)(NCCN(C)C)CC(C)O1. The first-order chi connectivity index (χ1) is 7.47. The summed E-state index contributed by atoms with van der Waals surface area (Å²) >= 11 is 0. The molecule has 0 aliphatic carbocycles. The van der Waals surface area contributed by atoms with Gasteiger partial charge in [-0.2, -0.15) is 0 Å². The van der Waals surface area contributed by atoms with E-state index in [4.69, 9.17) is 4.74 Å². The Balaban J connectivity index is 2.48. The van der Waals surface area contributed by atoms with Crippen LogP contribution in [0.25, 0.3) is 0 Å². The fourth-order valence-corrected chi connectivity index (χ4v) is 2.55. The van der Waals surface area contributed by atoms with Crippen molar-refractivity contribution in [2.45, 2.75) is 44.4 Å². The van der Waals surface area contributed by atoms with Crippen molar-refractivity contribution in [3.63, 3.8) is 0 Å². The van der Waals surface area contributed by atoms with Crippen LogP contribution in [0, 0.1) is 0 Å². The molecule has 0 amide bonds. The zero-order chi connectivity index (χ0) is 12.2. The third-order valence-corrected chi connectivity index (χ3v) is 3.18. The van der Waals surface area contributed by atoms with Gasteiger partial charge in [0.15, 0.2) is 0 Å². The van der Waals surface area contributed by atoms with Crippen LogP contribution in [0.3, 0.4) is 0 Å². The number of rotatable bonds is 5. The van der Waals surface area contributed by atoms with Gasteiger partial charge in [-0.15, -0.1) is 0 Å². The number of ether oxygens (including phenoxy) is 1. The molecule has 1 aliphatic rings. The number of hydrogen-bond donors (Lipinski definition) is 2. The fraction of sp³-hybridized carbons (Fsp3) is 1.00. The lowest BCUT2D eigenvalue weighted by molar-refractivity contribution is -0.0812. The normalized spacial score (nSPS) is 35.6. The van der Waals surface area contributed by atoms with Crippen molar-refractivity contribution in [3.05, 3.63) is 0 Å². The summed E-state index contributed by atoms with van der Waals surface area (Å²) in [5.74, 6) is 0. The van der Waals surface area contributed by atoms with Gasteiger partial charge in [-0.05, 0) is 40.8 Å². The summed E-state index contributed by atoms with van der Waals surface area (Å²) in [5.41, 5.74) is -0.146. The molecule has 16 heavy (non-hydrogen) atoms. The zero-order valence-electron chi connectivity index (χ0n) is 11.0. The molecule has 1 heterocycles. The second-order valence-electron chi connectivity index (χ2n) is 5.33. The van der Waals surface area contributed by atoms with E-state index in [-0.39, 0.29) is 24.4 Å². The van der Waals surface area contributed by atoms with Crippen molar-refractivity contribution in [1.82, 2.24) is 10.2 Å². The highest BCUT2D eigenvalue weighted by Crippen LogP contribution is 2.28. The molecular formula is C12H26N2O2. The summed E-state index contributed by atoms with van der Waals surface area (Å²) in [4.78, 5) is 2.14. The maximum absolute atomic E-state index is 9.61. The van der Waals surface area contributed by atoms with Crippen LogP contribution in [0.2, 0.25) is 0 Å². The molecule has 2 N–H and O–H groups in total. The Labute approximate surface area is 99.0 Å². The van der Waals surface area contributed by atoms with Crippen molar-refractivity contribution in [2.24, 2.45) is 0 Å². The van der Waals surface area contributed by atoms with Crippen LogP contribution in [0.15, 0.2) is 0 Å². The second-order valence-corrected chi connectivity index (χ2v) is 5.33. The molecule has 0 aromatic heterocycles. The van der Waals surface area contributed by atoms with Gasteiger partial charge in [0, 0.05) is 18.6 Å². The first-order valence-electron chi connectivity index (χ1n) is 6.13. The molecular weight excluding hydrogens is 204 g/mol. The number of likely N-dealkylation sites (N-methyl/N-ethyl adjacent to an activating group) is 1. The van der Waals surface area contributed by atoms with Crippen LogP contribution in [0.4, 0.5) is 0 Å². The van der Waals surface area contributed by atoms with Crippen molar-refractivity contribution in [3.8, 4) is 0 Å². The minimum Gasteiger partial charge on any atom is -0.394 e. The summed E-state index contributed by atoms with van der Waals surface area (Å²) in [6, 6.07) is 0. The number of aliphatic hydroxyl groups is 1. The lowest BCUT2D eigenvalue weighted by Gasteiger charge is -2.42. The van der Waals surface area contributed by atoms with Gasteiger partial charge in [0.2, 0.25) is 0 Å². The Hall–Kier alpha value is -0.160. The third-order valence-electron chi connectivity index (χ3n) is 3.18. The van der Waals surface area contributed by atoms with Gasteiger partial charge in [0.25, 0.3) is 0 Å². The van der Waals surface area contributed by atoms with E-state index in [0.29, 0.717) is 0 Å². The van der Waals surface area contributed by atoms with Gasteiger partial charge in [-0.1, -0.05) is 0 Å². The zero-order valence-corrected chi connectivity index (χ0v) is 11.0. The third kappa shape index (κ3) is 4.01. The topological polar surface area (TPSA) is 44.7 Å². The van der Waals surface area contributed by atoms with Crippen LogP contribution in [-0.2, 0) is 4.74 Å². The summed E-state index contributed by atoms with van der Waals surface area (Å²) in [6.07, 6.45) is 2.23. The molecule has 4 heteroatoms. The first-order valence-corrected chi connectivity index (χ1v) is 6.13. The largest absolute Gasteiger partial charge is 0.394 e. The smallest absolute Gasteiger partial charge is 0.0615 e. The average molecular weight is 230 g/mol. The van der Waals surface area contributed by atoms with Crippen LogP contribution >= 0.6 is 0 Å². The van der Waals surface area contributed by atoms with Crippen LogP contribution in [0.1, 0.15) is 26.7 Å². The predicted octanol–water partition coefficient (Wildman–Crippen LogP) is 0.456. The molecule has 1 rings (SSSR count). The fourth-order valence-electron chi connectivity index (χ4n) is 2.55. The van der Waals surface area contributed by atoms with Crippen molar-refractivity contribution in [1.29, 1.82) is 0 Å². The highest BCUT2D eigenvalue weighted by Gasteiger charge is 2.37. The molecule has 1 saturated heterocycles. The maximum atomic E-state index is 9.61. The standard InChI is InChI=1S/C12H26N2O2/c1-10-7-12(9-15,8-11(2)16-10)13-5-6-14(3)4/h10-11,13,15H,5-9H2,1-4H3. The molecule has 0 bridgehead atoms. The highest BCUT2D eigenvalue weighted by molar-refractivity contribution is 4.94. The van der Waals surface area contributed by atoms with Crippen molar-refractivity contribution < 1.29 is 9.84 Å². The summed E-state index contributed by atoms with van der Waals surface area (Å²) in [5, 5.41) is 13.1. The molecule has 0 saturated carbocycles. The van der Waals surface area contributed by atoms with Gasteiger partial charge >= 0.3 is 0 Å². The molecule has 2 unspecified atom stereocenters.